The van der Waals surface area contributed by atoms with Crippen molar-refractivity contribution in [2.24, 2.45) is 0 Å². The molecular formula is C26H24F2N4O5. The number of amides is 3. The molecule has 37 heavy (non-hydrogen) atoms. The molecule has 1 heterocycles. The highest BCUT2D eigenvalue weighted by Crippen LogP contribution is 2.34. The average Bonchev–Trinajstić information content (AvgIpc) is 2.87. The fourth-order valence-corrected chi connectivity index (χ4v) is 4.14. The number of aryl methyl sites for hydroxylation is 1. The van der Waals surface area contributed by atoms with E-state index in [1.165, 1.54) is 41.2 Å². The fraction of sp³-hybridized carbons (Fsp3) is 0.231. The Bertz CT molecular complexity index is 1380. The lowest BCUT2D eigenvalue weighted by molar-refractivity contribution is -0.385. The maximum Gasteiger partial charge on any atom is 0.324 e. The van der Waals surface area contributed by atoms with Crippen LogP contribution in [-0.2, 0) is 6.54 Å². The maximum atomic E-state index is 13.7. The maximum absolute atomic E-state index is 13.7. The van der Waals surface area contributed by atoms with Crippen molar-refractivity contribution in [1.82, 2.24) is 4.90 Å². The van der Waals surface area contributed by atoms with Crippen LogP contribution in [0.5, 0.6) is 5.75 Å². The summed E-state index contributed by atoms with van der Waals surface area (Å²) in [5.41, 5.74) is 1.60. The zero-order valence-corrected chi connectivity index (χ0v) is 20.2. The van der Waals surface area contributed by atoms with E-state index in [2.05, 4.69) is 5.32 Å². The summed E-state index contributed by atoms with van der Waals surface area (Å²) in [4.78, 5) is 39.8. The number of nitro groups is 1. The number of nitrogens with zero attached hydrogens (tertiary/aromatic N) is 3. The van der Waals surface area contributed by atoms with Crippen molar-refractivity contribution < 1.29 is 28.0 Å². The number of hydrogen-bond donors (Lipinski definition) is 1. The van der Waals surface area contributed by atoms with Crippen LogP contribution in [0.15, 0.2) is 54.6 Å². The molecule has 0 aliphatic carbocycles. The molecule has 0 radical (unpaired) electrons. The predicted molar refractivity (Wildman–Crippen MR) is 133 cm³/mol. The van der Waals surface area contributed by atoms with Gasteiger partial charge in [0.15, 0.2) is 11.6 Å². The minimum Gasteiger partial charge on any atom is -0.495 e. The quantitative estimate of drug-likeness (QED) is 0.344. The lowest BCUT2D eigenvalue weighted by Crippen LogP contribution is -2.49. The van der Waals surface area contributed by atoms with E-state index in [9.17, 15) is 28.5 Å². The minimum absolute atomic E-state index is 0.0947. The Balaban J connectivity index is 1.56. The number of anilines is 2. The van der Waals surface area contributed by atoms with Crippen LogP contribution >= 0.6 is 0 Å². The second kappa shape index (κ2) is 10.6. The molecule has 0 bridgehead atoms. The summed E-state index contributed by atoms with van der Waals surface area (Å²) in [5.74, 6) is -2.10. The minimum atomic E-state index is -0.983. The summed E-state index contributed by atoms with van der Waals surface area (Å²) in [6, 6.07) is 12.1. The molecular weight excluding hydrogens is 486 g/mol. The number of hydrogen-bond acceptors (Lipinski definition) is 5. The highest BCUT2D eigenvalue weighted by molar-refractivity contribution is 6.05. The van der Waals surface area contributed by atoms with Crippen LogP contribution in [0.25, 0.3) is 0 Å². The standard InChI is InChI=1S/C26H24F2N4O5/c1-16-4-6-18(13-22(16)32(35)36)25(33)29-19-7-9-24(37-2)23(14-19)31-11-3-10-30(26(31)34)15-17-5-8-20(27)21(28)12-17/h4-9,12-14H,3,10-11,15H2,1-2H3,(H,29,33). The molecule has 0 saturated carbocycles. The van der Waals surface area contributed by atoms with Crippen molar-refractivity contribution in [3.05, 3.63) is 93.0 Å². The van der Waals surface area contributed by atoms with Crippen LogP contribution in [0.3, 0.4) is 0 Å². The van der Waals surface area contributed by atoms with E-state index in [0.717, 1.165) is 12.1 Å². The van der Waals surface area contributed by atoms with Gasteiger partial charge in [0.25, 0.3) is 11.6 Å². The Hall–Kier alpha value is -4.54. The summed E-state index contributed by atoms with van der Waals surface area (Å²) < 4.78 is 32.4. The SMILES string of the molecule is COc1ccc(NC(=O)c2ccc(C)c([N+](=O)[O-])c2)cc1N1CCCN(Cc2ccc(F)c(F)c2)C1=O. The summed E-state index contributed by atoms with van der Waals surface area (Å²) in [6.45, 7) is 2.49. The van der Waals surface area contributed by atoms with E-state index in [1.54, 1.807) is 25.1 Å². The van der Waals surface area contributed by atoms with E-state index in [0.29, 0.717) is 47.8 Å². The fourth-order valence-electron chi connectivity index (χ4n) is 4.14. The molecule has 0 atom stereocenters. The van der Waals surface area contributed by atoms with E-state index < -0.39 is 22.5 Å². The third-order valence-corrected chi connectivity index (χ3v) is 6.06. The molecule has 1 aliphatic heterocycles. The number of methoxy groups -OCH3 is 1. The van der Waals surface area contributed by atoms with Crippen LogP contribution in [-0.4, -0.2) is 42.0 Å². The van der Waals surface area contributed by atoms with Gasteiger partial charge >= 0.3 is 6.03 Å². The number of halogens is 2. The molecule has 3 aromatic rings. The Labute approximate surface area is 211 Å². The average molecular weight is 510 g/mol. The molecule has 11 heteroatoms. The molecule has 4 rings (SSSR count). The van der Waals surface area contributed by atoms with Gasteiger partial charge in [-0.05, 0) is 55.3 Å². The second-order valence-corrected chi connectivity index (χ2v) is 8.56. The molecule has 0 spiro atoms. The third-order valence-electron chi connectivity index (χ3n) is 6.06. The van der Waals surface area contributed by atoms with Gasteiger partial charge in [0.2, 0.25) is 0 Å². The first kappa shape index (κ1) is 25.5. The molecule has 1 fully saturated rings. The van der Waals surface area contributed by atoms with Crippen molar-refractivity contribution in [3.8, 4) is 5.75 Å². The number of rotatable bonds is 7. The molecule has 1 saturated heterocycles. The van der Waals surface area contributed by atoms with Gasteiger partial charge in [-0.2, -0.15) is 0 Å². The van der Waals surface area contributed by atoms with E-state index in [1.807, 2.05) is 0 Å². The second-order valence-electron chi connectivity index (χ2n) is 8.56. The Morgan fingerprint density at radius 2 is 1.86 bits per heavy atom. The number of carbonyl (C=O) groups excluding carboxylic acids is 2. The molecule has 1 aliphatic rings. The first-order chi connectivity index (χ1) is 17.7. The van der Waals surface area contributed by atoms with Crippen LogP contribution < -0.4 is 15.0 Å². The van der Waals surface area contributed by atoms with E-state index >= 15 is 0 Å². The molecule has 192 valence electrons. The number of nitro benzene ring substituents is 1. The zero-order valence-electron chi connectivity index (χ0n) is 20.2. The molecule has 0 unspecified atom stereocenters. The van der Waals surface area contributed by atoms with Crippen molar-refractivity contribution >= 4 is 29.0 Å². The normalized spacial score (nSPS) is 13.5. The number of urea groups is 1. The van der Waals surface area contributed by atoms with Crippen LogP contribution in [0, 0.1) is 28.7 Å². The van der Waals surface area contributed by atoms with Crippen molar-refractivity contribution in [1.29, 1.82) is 0 Å². The monoisotopic (exact) mass is 510 g/mol. The molecule has 1 N–H and O–H groups in total. The molecule has 3 amide bonds. The van der Waals surface area contributed by atoms with E-state index in [-0.39, 0.29) is 23.8 Å². The summed E-state index contributed by atoms with van der Waals surface area (Å²) in [6.07, 6.45) is 0.613. The van der Waals surface area contributed by atoms with Crippen molar-refractivity contribution in [2.75, 3.05) is 30.4 Å². The van der Waals surface area contributed by atoms with Gasteiger partial charge < -0.3 is 15.0 Å². The first-order valence-electron chi connectivity index (χ1n) is 11.4. The van der Waals surface area contributed by atoms with Crippen molar-refractivity contribution in [3.63, 3.8) is 0 Å². The number of carbonyl (C=O) groups is 2. The Morgan fingerprint density at radius 1 is 1.08 bits per heavy atom. The van der Waals surface area contributed by atoms with Crippen LogP contribution in [0.2, 0.25) is 0 Å². The highest BCUT2D eigenvalue weighted by Gasteiger charge is 2.29. The molecule has 9 nitrogen and oxygen atoms in total. The number of ether oxygens (including phenoxy) is 1. The topological polar surface area (TPSA) is 105 Å². The van der Waals surface area contributed by atoms with Crippen molar-refractivity contribution in [2.45, 2.75) is 19.9 Å². The Morgan fingerprint density at radius 3 is 2.57 bits per heavy atom. The van der Waals surface area contributed by atoms with Gasteiger partial charge in [-0.25, -0.2) is 13.6 Å². The first-order valence-corrected chi connectivity index (χ1v) is 11.4. The van der Waals surface area contributed by atoms with Gasteiger partial charge in [0.05, 0.1) is 17.7 Å². The highest BCUT2D eigenvalue weighted by atomic mass is 19.2. The van der Waals surface area contributed by atoms with Gasteiger partial charge in [0, 0.05) is 42.5 Å². The van der Waals surface area contributed by atoms with Crippen LogP contribution in [0.4, 0.5) is 30.6 Å². The zero-order chi connectivity index (χ0) is 26.7. The van der Waals surface area contributed by atoms with Crippen LogP contribution in [0.1, 0.15) is 27.9 Å². The smallest absolute Gasteiger partial charge is 0.324 e. The predicted octanol–water partition coefficient (Wildman–Crippen LogP) is 5.27. The van der Waals surface area contributed by atoms with Gasteiger partial charge in [-0.15, -0.1) is 0 Å². The van der Waals surface area contributed by atoms with Gasteiger partial charge in [-0.1, -0.05) is 12.1 Å². The summed E-state index contributed by atoms with van der Waals surface area (Å²) >= 11 is 0. The third kappa shape index (κ3) is 5.50. The summed E-state index contributed by atoms with van der Waals surface area (Å²) in [5, 5.41) is 13.9. The molecule has 3 aromatic carbocycles. The molecule has 0 aromatic heterocycles. The van der Waals surface area contributed by atoms with E-state index in [4.69, 9.17) is 4.74 Å². The lowest BCUT2D eigenvalue weighted by atomic mass is 10.1. The number of nitrogens with one attached hydrogen (secondary N) is 1. The van der Waals surface area contributed by atoms with Gasteiger partial charge in [0.1, 0.15) is 5.75 Å². The Kier molecular flexibility index (Phi) is 7.32. The largest absolute Gasteiger partial charge is 0.495 e. The number of benzene rings is 3. The van der Waals surface area contributed by atoms with Gasteiger partial charge in [-0.3, -0.25) is 19.8 Å². The lowest BCUT2D eigenvalue weighted by Gasteiger charge is -2.36. The summed E-state index contributed by atoms with van der Waals surface area (Å²) in [7, 11) is 1.45.